The zero-order valence-corrected chi connectivity index (χ0v) is 30.6. The quantitative estimate of drug-likeness (QED) is 0.0519. The minimum Gasteiger partial charge on any atom is -0.506 e. The molecule has 0 spiro atoms. The molecule has 0 aliphatic carbocycles. The summed E-state index contributed by atoms with van der Waals surface area (Å²) in [6.45, 7) is 0. The van der Waals surface area contributed by atoms with Crippen LogP contribution in [0.2, 0.25) is 0 Å². The fraction of sp³-hybridized carbons (Fsp3) is 0. The van der Waals surface area contributed by atoms with Gasteiger partial charge in [0.05, 0.1) is 43.1 Å². The SMILES string of the molecule is Nc1ccc(N=Nc2ccc(N=Nc3ccc(N=Nc4c(O)ccc5cc(S(=O)(=O)O)ccc45)c4ccc(S(=O)(=O)O)cc34)c3ccc(S(=O)(=O)O)cc23)cc1. The summed E-state index contributed by atoms with van der Waals surface area (Å²) in [5.41, 5.74) is 7.43. The van der Waals surface area contributed by atoms with E-state index in [-0.39, 0.29) is 49.9 Å². The highest BCUT2D eigenvalue weighted by atomic mass is 32.2. The van der Waals surface area contributed by atoms with E-state index in [4.69, 9.17) is 5.73 Å². The zero-order chi connectivity index (χ0) is 40.0. The van der Waals surface area contributed by atoms with E-state index in [9.17, 15) is 44.0 Å². The second-order valence-electron chi connectivity index (χ2n) is 12.1. The molecule has 56 heavy (non-hydrogen) atoms. The fourth-order valence-corrected chi connectivity index (χ4v) is 7.20. The molecular formula is C36H25N7O10S3. The number of phenolic OH excluding ortho intramolecular Hbond substituents is 1. The van der Waals surface area contributed by atoms with Crippen LogP contribution in [0, 0.1) is 0 Å². The van der Waals surface area contributed by atoms with Crippen LogP contribution in [0.3, 0.4) is 0 Å². The molecule has 17 nitrogen and oxygen atoms in total. The van der Waals surface area contributed by atoms with Crippen LogP contribution in [-0.4, -0.2) is 44.0 Å². The first kappa shape index (κ1) is 37.8. The number of azo groups is 3. The van der Waals surface area contributed by atoms with Gasteiger partial charge in [-0.15, -0.1) is 25.6 Å². The Morgan fingerprint density at radius 1 is 0.411 bits per heavy atom. The van der Waals surface area contributed by atoms with Crippen molar-refractivity contribution in [2.45, 2.75) is 14.7 Å². The summed E-state index contributed by atoms with van der Waals surface area (Å²) in [5.74, 6) is -0.294. The summed E-state index contributed by atoms with van der Waals surface area (Å²) in [6.07, 6.45) is 0. The van der Waals surface area contributed by atoms with Gasteiger partial charge < -0.3 is 10.8 Å². The van der Waals surface area contributed by atoms with Crippen LogP contribution in [0.15, 0.2) is 161 Å². The Kier molecular flexibility index (Phi) is 9.62. The van der Waals surface area contributed by atoms with Crippen molar-refractivity contribution in [2.24, 2.45) is 30.7 Å². The molecule has 0 radical (unpaired) electrons. The molecule has 7 aromatic rings. The summed E-state index contributed by atoms with van der Waals surface area (Å²) in [7, 11) is -13.8. The minimum atomic E-state index is -4.68. The van der Waals surface area contributed by atoms with Gasteiger partial charge in [0.25, 0.3) is 30.4 Å². The predicted octanol–water partition coefficient (Wildman–Crippen LogP) is 9.42. The molecule has 7 aromatic carbocycles. The number of hydrogen-bond acceptors (Lipinski definition) is 14. The largest absolute Gasteiger partial charge is 0.506 e. The number of phenols is 1. The maximum atomic E-state index is 12.1. The Balaban J connectivity index is 1.32. The average Bonchev–Trinajstić information content (AvgIpc) is 3.15. The molecule has 0 unspecified atom stereocenters. The van der Waals surface area contributed by atoms with Gasteiger partial charge in [0.15, 0.2) is 0 Å². The molecular weight excluding hydrogens is 787 g/mol. The molecule has 0 saturated carbocycles. The lowest BCUT2D eigenvalue weighted by atomic mass is 10.1. The lowest BCUT2D eigenvalue weighted by Gasteiger charge is -2.09. The summed E-state index contributed by atoms with van der Waals surface area (Å²) in [4.78, 5) is -1.23. The first-order chi connectivity index (χ1) is 26.5. The minimum absolute atomic E-state index is 0.0312. The van der Waals surface area contributed by atoms with E-state index < -0.39 is 40.1 Å². The molecule has 0 atom stereocenters. The van der Waals surface area contributed by atoms with E-state index in [1.165, 1.54) is 66.7 Å². The van der Waals surface area contributed by atoms with Crippen LogP contribution in [-0.2, 0) is 30.4 Å². The van der Waals surface area contributed by atoms with Crippen molar-refractivity contribution in [1.29, 1.82) is 0 Å². The normalized spacial score (nSPS) is 12.9. The highest BCUT2D eigenvalue weighted by Gasteiger charge is 2.17. The number of nitrogens with two attached hydrogens (primary N) is 1. The van der Waals surface area contributed by atoms with Gasteiger partial charge in [0.1, 0.15) is 11.4 Å². The van der Waals surface area contributed by atoms with E-state index in [1.807, 2.05) is 0 Å². The van der Waals surface area contributed by atoms with Gasteiger partial charge in [-0.1, -0.05) is 24.3 Å². The summed E-state index contributed by atoms with van der Waals surface area (Å²) in [6, 6.07) is 26.3. The second-order valence-corrected chi connectivity index (χ2v) is 16.3. The van der Waals surface area contributed by atoms with E-state index in [1.54, 1.807) is 30.3 Å². The number of benzene rings is 7. The first-order valence-corrected chi connectivity index (χ1v) is 20.2. The predicted molar refractivity (Wildman–Crippen MR) is 206 cm³/mol. The number of anilines is 1. The molecule has 7 rings (SSSR count). The third-order valence-electron chi connectivity index (χ3n) is 8.41. The maximum Gasteiger partial charge on any atom is 0.294 e. The number of fused-ring (bicyclic) bond motifs is 3. The van der Waals surface area contributed by atoms with Gasteiger partial charge in [0, 0.05) is 32.6 Å². The van der Waals surface area contributed by atoms with Crippen molar-refractivity contribution in [3.63, 3.8) is 0 Å². The molecule has 0 aromatic heterocycles. The van der Waals surface area contributed by atoms with Crippen LogP contribution < -0.4 is 5.73 Å². The standard InChI is InChI=1S/C36H25N7O10S3/c37-21-2-4-22(5-3-21)38-39-33-14-12-31(27-10-7-24(18-29(27)33)55(48,49)50)40-41-34-15-13-32(28-11-8-25(19-30(28)34)56(51,52)53)42-43-36-26-9-6-23(54(45,46)47)17-20(26)1-16-35(36)44/h1-19,44H,37H2,(H,45,46,47)(H,48,49,50)(H,51,52,53). The summed E-state index contributed by atoms with van der Waals surface area (Å²) >= 11 is 0. The van der Waals surface area contributed by atoms with Crippen molar-refractivity contribution >= 4 is 102 Å². The lowest BCUT2D eigenvalue weighted by molar-refractivity contribution is 0.477. The van der Waals surface area contributed by atoms with Crippen LogP contribution in [0.5, 0.6) is 5.75 Å². The molecule has 0 bridgehead atoms. The smallest absolute Gasteiger partial charge is 0.294 e. The fourth-order valence-electron chi connectivity index (χ4n) is 5.67. The van der Waals surface area contributed by atoms with Crippen molar-refractivity contribution in [2.75, 3.05) is 5.73 Å². The van der Waals surface area contributed by atoms with Crippen LogP contribution in [0.1, 0.15) is 0 Å². The Bertz CT molecular complexity index is 3190. The van der Waals surface area contributed by atoms with E-state index in [0.29, 0.717) is 32.9 Å². The number of nitrogens with zero attached hydrogens (tertiary/aromatic N) is 6. The van der Waals surface area contributed by atoms with Gasteiger partial charge in [-0.3, -0.25) is 13.7 Å². The van der Waals surface area contributed by atoms with E-state index in [2.05, 4.69) is 30.7 Å². The number of hydrogen-bond donors (Lipinski definition) is 5. The third-order valence-corrected chi connectivity index (χ3v) is 11.0. The topological polar surface area (TPSA) is 284 Å². The van der Waals surface area contributed by atoms with Crippen molar-refractivity contribution < 1.29 is 44.0 Å². The van der Waals surface area contributed by atoms with Gasteiger partial charge in [-0.2, -0.15) is 30.4 Å². The Morgan fingerprint density at radius 3 is 1.30 bits per heavy atom. The maximum absolute atomic E-state index is 12.1. The van der Waals surface area contributed by atoms with Gasteiger partial charge in [0.2, 0.25) is 0 Å². The van der Waals surface area contributed by atoms with Crippen LogP contribution in [0.4, 0.5) is 39.8 Å². The molecule has 282 valence electrons. The van der Waals surface area contributed by atoms with Gasteiger partial charge in [-0.25, -0.2) is 0 Å². The van der Waals surface area contributed by atoms with Gasteiger partial charge >= 0.3 is 0 Å². The third kappa shape index (κ3) is 7.82. The molecule has 0 aliphatic heterocycles. The van der Waals surface area contributed by atoms with E-state index in [0.717, 1.165) is 18.2 Å². The van der Waals surface area contributed by atoms with Crippen molar-refractivity contribution in [1.82, 2.24) is 0 Å². The number of rotatable bonds is 9. The molecule has 6 N–H and O–H groups in total. The lowest BCUT2D eigenvalue weighted by Crippen LogP contribution is -1.97. The second kappa shape index (κ2) is 14.3. The highest BCUT2D eigenvalue weighted by Crippen LogP contribution is 2.41. The number of nitrogen functional groups attached to an aromatic ring is 1. The average molecular weight is 812 g/mol. The van der Waals surface area contributed by atoms with E-state index >= 15 is 0 Å². The zero-order valence-electron chi connectivity index (χ0n) is 28.2. The Hall–Kier alpha value is -6.55. The summed E-state index contributed by atoms with van der Waals surface area (Å²) in [5, 5.41) is 38.0. The number of aromatic hydroxyl groups is 1. The van der Waals surface area contributed by atoms with Crippen molar-refractivity contribution in [3.8, 4) is 5.75 Å². The monoisotopic (exact) mass is 811 g/mol. The molecule has 20 heteroatoms. The summed E-state index contributed by atoms with van der Waals surface area (Å²) < 4.78 is 101. The molecule has 0 amide bonds. The molecule has 0 aliphatic rings. The molecule has 0 heterocycles. The van der Waals surface area contributed by atoms with Crippen LogP contribution >= 0.6 is 0 Å². The first-order valence-electron chi connectivity index (χ1n) is 15.9. The molecule has 0 fully saturated rings. The highest BCUT2D eigenvalue weighted by molar-refractivity contribution is 7.86. The van der Waals surface area contributed by atoms with Crippen LogP contribution in [0.25, 0.3) is 32.3 Å². The molecule has 0 saturated heterocycles. The van der Waals surface area contributed by atoms with Gasteiger partial charge in [-0.05, 0) is 96.4 Å². The Labute approximate surface area is 317 Å². The Morgan fingerprint density at radius 2 is 0.821 bits per heavy atom. The van der Waals surface area contributed by atoms with Crippen molar-refractivity contribution in [3.05, 3.63) is 115 Å².